The number of methoxy groups -OCH3 is 1. The largest absolute Gasteiger partial charge is 0.493 e. The van der Waals surface area contributed by atoms with E-state index in [1.54, 1.807) is 14.2 Å². The zero-order chi connectivity index (χ0) is 21.0. The first-order valence-corrected chi connectivity index (χ1v) is 10.4. The molecule has 0 bridgehead atoms. The number of aliphatic imine (C=N–C) groups is 1. The van der Waals surface area contributed by atoms with E-state index in [0.29, 0.717) is 25.7 Å². The average Bonchev–Trinajstić information content (AvgIpc) is 2.80. The third-order valence-electron chi connectivity index (χ3n) is 4.87. The molecule has 0 atom stereocenters. The quantitative estimate of drug-likeness (QED) is 0.219. The number of benzene rings is 2. The second kappa shape index (κ2) is 14.1. The molecule has 1 aliphatic rings. The van der Waals surface area contributed by atoms with Gasteiger partial charge in [-0.15, -0.1) is 24.0 Å². The highest BCUT2D eigenvalue weighted by Gasteiger charge is 2.14. The van der Waals surface area contributed by atoms with Gasteiger partial charge in [0.1, 0.15) is 5.75 Å². The number of anilines is 2. The van der Waals surface area contributed by atoms with Crippen LogP contribution in [0.2, 0.25) is 0 Å². The first kappa shape index (κ1) is 25.2. The van der Waals surface area contributed by atoms with Crippen molar-refractivity contribution >= 4 is 41.3 Å². The Kier molecular flexibility index (Phi) is 11.5. The number of guanidine groups is 1. The maximum absolute atomic E-state index is 5.78. The van der Waals surface area contributed by atoms with Crippen molar-refractivity contribution in [2.45, 2.75) is 13.0 Å². The zero-order valence-corrected chi connectivity index (χ0v) is 20.6. The monoisotopic (exact) mass is 540 g/mol. The molecule has 0 aromatic heterocycles. The molecule has 2 N–H and O–H groups in total. The fraction of sp³-hybridized carbons (Fsp3) is 0.435. The normalized spacial score (nSPS) is 14.0. The molecule has 31 heavy (non-hydrogen) atoms. The van der Waals surface area contributed by atoms with E-state index >= 15 is 0 Å². The molecular formula is C23H33IN4O3. The van der Waals surface area contributed by atoms with Gasteiger partial charge in [0.25, 0.3) is 0 Å². The van der Waals surface area contributed by atoms with E-state index in [9.17, 15) is 0 Å². The first-order valence-electron chi connectivity index (χ1n) is 10.4. The standard InChI is InChI=1S/C23H32N4O3.HI/c1-24-23(26-20-8-5-9-21(17-20)30-14-6-13-28-2)25-18-19-7-3-4-10-22(19)27-11-15-29-16-12-27;/h3-5,7-10,17H,6,11-16,18H2,1-2H3,(H2,24,25,26);1H. The highest BCUT2D eigenvalue weighted by Crippen LogP contribution is 2.22. The number of nitrogens with one attached hydrogen (secondary N) is 2. The Morgan fingerprint density at radius 2 is 1.90 bits per heavy atom. The number of halogens is 1. The van der Waals surface area contributed by atoms with Crippen LogP contribution >= 0.6 is 24.0 Å². The Morgan fingerprint density at radius 1 is 1.10 bits per heavy atom. The van der Waals surface area contributed by atoms with Crippen LogP contribution in [0.3, 0.4) is 0 Å². The van der Waals surface area contributed by atoms with Crippen LogP contribution in [0.25, 0.3) is 0 Å². The topological polar surface area (TPSA) is 67.4 Å². The van der Waals surface area contributed by atoms with Gasteiger partial charge in [0.05, 0.1) is 19.8 Å². The van der Waals surface area contributed by atoms with Crippen molar-refractivity contribution in [2.75, 3.05) is 63.9 Å². The van der Waals surface area contributed by atoms with Gasteiger partial charge in [-0.1, -0.05) is 24.3 Å². The summed E-state index contributed by atoms with van der Waals surface area (Å²) in [5, 5.41) is 6.76. The van der Waals surface area contributed by atoms with Gasteiger partial charge in [-0.25, -0.2) is 0 Å². The van der Waals surface area contributed by atoms with Crippen molar-refractivity contribution in [3.8, 4) is 5.75 Å². The lowest BCUT2D eigenvalue weighted by Gasteiger charge is -2.30. The van der Waals surface area contributed by atoms with Crippen LogP contribution in [-0.4, -0.2) is 59.6 Å². The first-order chi connectivity index (χ1) is 14.8. The second-order valence-electron chi connectivity index (χ2n) is 7.00. The Hall–Kier alpha value is -2.04. The Morgan fingerprint density at radius 3 is 2.68 bits per heavy atom. The highest BCUT2D eigenvalue weighted by atomic mass is 127. The smallest absolute Gasteiger partial charge is 0.195 e. The summed E-state index contributed by atoms with van der Waals surface area (Å²) in [7, 11) is 3.47. The molecule has 3 rings (SSSR count). The number of rotatable bonds is 9. The molecule has 0 spiro atoms. The van der Waals surface area contributed by atoms with Crippen LogP contribution in [-0.2, 0) is 16.0 Å². The molecule has 1 saturated heterocycles. The van der Waals surface area contributed by atoms with E-state index < -0.39 is 0 Å². The number of morpholine rings is 1. The van der Waals surface area contributed by atoms with Gasteiger partial charge in [-0.3, -0.25) is 4.99 Å². The summed E-state index contributed by atoms with van der Waals surface area (Å²) >= 11 is 0. The van der Waals surface area contributed by atoms with E-state index in [1.165, 1.54) is 11.3 Å². The number of hydrogen-bond donors (Lipinski definition) is 2. The fourth-order valence-electron chi connectivity index (χ4n) is 3.32. The summed E-state index contributed by atoms with van der Waals surface area (Å²) in [6.45, 7) is 5.38. The lowest BCUT2D eigenvalue weighted by molar-refractivity contribution is 0.122. The third-order valence-corrected chi connectivity index (χ3v) is 4.87. The lowest BCUT2D eigenvalue weighted by Crippen LogP contribution is -2.37. The summed E-state index contributed by atoms with van der Waals surface area (Å²) in [5.41, 5.74) is 3.40. The summed E-state index contributed by atoms with van der Waals surface area (Å²) in [6.07, 6.45) is 0.861. The number of hydrogen-bond acceptors (Lipinski definition) is 5. The summed E-state index contributed by atoms with van der Waals surface area (Å²) in [6, 6.07) is 16.4. The van der Waals surface area contributed by atoms with Crippen LogP contribution in [0.15, 0.2) is 53.5 Å². The van der Waals surface area contributed by atoms with E-state index in [1.807, 2.05) is 24.3 Å². The second-order valence-corrected chi connectivity index (χ2v) is 7.00. The molecular weight excluding hydrogens is 507 g/mol. The van der Waals surface area contributed by atoms with Crippen LogP contribution < -0.4 is 20.3 Å². The minimum Gasteiger partial charge on any atom is -0.493 e. The molecule has 0 saturated carbocycles. The van der Waals surface area contributed by atoms with Crippen molar-refractivity contribution < 1.29 is 14.2 Å². The van der Waals surface area contributed by atoms with Crippen molar-refractivity contribution in [2.24, 2.45) is 4.99 Å². The number of para-hydroxylation sites is 1. The van der Waals surface area contributed by atoms with Crippen molar-refractivity contribution in [1.29, 1.82) is 0 Å². The number of ether oxygens (including phenoxy) is 3. The van der Waals surface area contributed by atoms with Gasteiger partial charge in [-0.2, -0.15) is 0 Å². The van der Waals surface area contributed by atoms with E-state index in [2.05, 4.69) is 44.8 Å². The minimum absolute atomic E-state index is 0. The van der Waals surface area contributed by atoms with Crippen LogP contribution in [0.1, 0.15) is 12.0 Å². The van der Waals surface area contributed by atoms with Crippen molar-refractivity contribution in [3.63, 3.8) is 0 Å². The molecule has 170 valence electrons. The van der Waals surface area contributed by atoms with Gasteiger partial charge in [-0.05, 0) is 23.8 Å². The fourth-order valence-corrected chi connectivity index (χ4v) is 3.32. The lowest BCUT2D eigenvalue weighted by atomic mass is 10.1. The molecule has 0 aliphatic carbocycles. The molecule has 0 radical (unpaired) electrons. The molecule has 7 nitrogen and oxygen atoms in total. The van der Waals surface area contributed by atoms with E-state index in [-0.39, 0.29) is 24.0 Å². The van der Waals surface area contributed by atoms with Crippen molar-refractivity contribution in [3.05, 3.63) is 54.1 Å². The van der Waals surface area contributed by atoms with E-state index in [0.717, 1.165) is 44.2 Å². The summed E-state index contributed by atoms with van der Waals surface area (Å²) in [5.74, 6) is 1.53. The van der Waals surface area contributed by atoms with Crippen LogP contribution in [0.4, 0.5) is 11.4 Å². The third kappa shape index (κ3) is 8.19. The minimum atomic E-state index is 0. The molecule has 8 heteroatoms. The van der Waals surface area contributed by atoms with Gasteiger partial charge >= 0.3 is 0 Å². The predicted molar refractivity (Wildman–Crippen MR) is 137 cm³/mol. The van der Waals surface area contributed by atoms with Gasteiger partial charge in [0, 0.05) is 64.3 Å². The summed E-state index contributed by atoms with van der Waals surface area (Å²) in [4.78, 5) is 6.74. The van der Waals surface area contributed by atoms with E-state index in [4.69, 9.17) is 14.2 Å². The Labute approximate surface area is 202 Å². The average molecular weight is 540 g/mol. The van der Waals surface area contributed by atoms with Crippen molar-refractivity contribution in [1.82, 2.24) is 5.32 Å². The molecule has 2 aromatic carbocycles. The molecule has 1 fully saturated rings. The summed E-state index contributed by atoms with van der Waals surface area (Å²) < 4.78 is 16.3. The maximum atomic E-state index is 5.78. The SMILES string of the molecule is CN=C(NCc1ccccc1N1CCOCC1)Nc1cccc(OCCCOC)c1.I. The van der Waals surface area contributed by atoms with Gasteiger partial charge in [0.2, 0.25) is 0 Å². The Bertz CT molecular complexity index is 813. The zero-order valence-electron chi connectivity index (χ0n) is 18.3. The molecule has 1 aliphatic heterocycles. The Balaban J connectivity index is 0.00000341. The maximum Gasteiger partial charge on any atom is 0.195 e. The molecule has 0 unspecified atom stereocenters. The number of nitrogens with zero attached hydrogens (tertiary/aromatic N) is 2. The van der Waals surface area contributed by atoms with Crippen LogP contribution in [0, 0.1) is 0 Å². The van der Waals surface area contributed by atoms with Gasteiger partial charge in [0.15, 0.2) is 5.96 Å². The van der Waals surface area contributed by atoms with Crippen LogP contribution in [0.5, 0.6) is 5.75 Å². The van der Waals surface area contributed by atoms with Gasteiger partial charge < -0.3 is 29.7 Å². The molecule has 1 heterocycles. The highest BCUT2D eigenvalue weighted by molar-refractivity contribution is 14.0. The predicted octanol–water partition coefficient (Wildman–Crippen LogP) is 3.74. The molecule has 2 aromatic rings. The molecule has 0 amide bonds.